The van der Waals surface area contributed by atoms with Crippen LogP contribution in [0.4, 0.5) is 0 Å². The van der Waals surface area contributed by atoms with Crippen LogP contribution in [-0.2, 0) is 4.57 Å². The molecule has 0 aliphatic heterocycles. The van der Waals surface area contributed by atoms with Crippen LogP contribution in [0.1, 0.15) is 5.56 Å². The van der Waals surface area contributed by atoms with Gasteiger partial charge in [0.15, 0.2) is 0 Å². The summed E-state index contributed by atoms with van der Waals surface area (Å²) < 4.78 is 10.3. The molecule has 0 N–H and O–H groups in total. The molecule has 0 aliphatic carbocycles. The summed E-state index contributed by atoms with van der Waals surface area (Å²) in [6.45, 7) is 0. The van der Waals surface area contributed by atoms with E-state index in [1.807, 2.05) is 0 Å². The van der Waals surface area contributed by atoms with Crippen molar-refractivity contribution in [2.75, 3.05) is 0 Å². The first-order valence-corrected chi connectivity index (χ1v) is 5.28. The second-order valence-electron chi connectivity index (χ2n) is 2.13. The Morgan fingerprint density at radius 1 is 1.17 bits per heavy atom. The number of thiol groups is 3. The van der Waals surface area contributed by atoms with Crippen LogP contribution >= 0.6 is 46.0 Å². The normalized spacial score (nSPS) is 9.58. The van der Waals surface area contributed by atoms with Crippen molar-refractivity contribution in [3.63, 3.8) is 0 Å². The number of hydrogen-bond acceptors (Lipinski definition) is 4. The van der Waals surface area contributed by atoms with Gasteiger partial charge in [-0.2, -0.15) is 0 Å². The van der Waals surface area contributed by atoms with E-state index >= 15 is 0 Å². The monoisotopic (exact) mass is 233 g/mol. The van der Waals surface area contributed by atoms with Gasteiger partial charge in [0.25, 0.3) is 0 Å². The second kappa shape index (κ2) is 4.56. The van der Waals surface area contributed by atoms with E-state index in [0.717, 1.165) is 20.2 Å². The predicted molar refractivity (Wildman–Crippen MR) is 61.0 cm³/mol. The molecule has 62 valence electrons. The molecule has 0 saturated carbocycles. The molecule has 1 aromatic rings. The van der Waals surface area contributed by atoms with Gasteiger partial charge in [-0.25, -0.2) is 0 Å². The van der Waals surface area contributed by atoms with E-state index in [9.17, 15) is 4.57 Å². The van der Waals surface area contributed by atoms with Crippen molar-refractivity contribution in [1.29, 1.82) is 0 Å². The molecule has 0 spiro atoms. The molecule has 0 radical (unpaired) electrons. The summed E-state index contributed by atoms with van der Waals surface area (Å²) in [4.78, 5) is 2.26. The predicted octanol–water partition coefficient (Wildman–Crippen LogP) is 2.99. The Morgan fingerprint density at radius 2 is 1.67 bits per heavy atom. The average molecular weight is 233 g/mol. The molecule has 0 unspecified atom stereocenters. The number of hydrogen-bond donors (Lipinski definition) is 3. The summed E-state index contributed by atoms with van der Waals surface area (Å²) in [5.41, 5.74) is 0.774. The van der Waals surface area contributed by atoms with Crippen LogP contribution in [0.5, 0.6) is 0 Å². The van der Waals surface area contributed by atoms with Crippen molar-refractivity contribution in [3.8, 4) is 0 Å². The van der Waals surface area contributed by atoms with Crippen molar-refractivity contribution in [2.24, 2.45) is 0 Å². The topological polar surface area (TPSA) is 17.1 Å². The van der Waals surface area contributed by atoms with Crippen LogP contribution < -0.4 is 0 Å². The third-order valence-electron chi connectivity index (χ3n) is 1.30. The van der Waals surface area contributed by atoms with Crippen LogP contribution in [-0.4, -0.2) is 5.80 Å². The van der Waals surface area contributed by atoms with Gasteiger partial charge in [0, 0.05) is 0 Å². The minimum absolute atomic E-state index is 0.0409. The molecule has 12 heavy (non-hydrogen) atoms. The zero-order chi connectivity index (χ0) is 9.14. The Balaban J connectivity index is 3.37. The second-order valence-corrected chi connectivity index (χ2v) is 4.08. The summed E-state index contributed by atoms with van der Waals surface area (Å²) in [5, 5.41) is 0. The molecule has 1 aromatic carbocycles. The van der Waals surface area contributed by atoms with Gasteiger partial charge in [-0.15, -0.1) is 0 Å². The van der Waals surface area contributed by atoms with Crippen LogP contribution in [0.25, 0.3) is 0 Å². The molecule has 5 heteroatoms. The van der Waals surface area contributed by atoms with Crippen molar-refractivity contribution in [2.45, 2.75) is 14.7 Å². The molecular weight excluding hydrogens is 227 g/mol. The van der Waals surface area contributed by atoms with E-state index in [2.05, 4.69) is 37.9 Å². The first-order valence-electron chi connectivity index (χ1n) is 3.05. The fourth-order valence-electron chi connectivity index (χ4n) is 0.794. The quantitative estimate of drug-likeness (QED) is 0.502. The molecule has 0 saturated heterocycles. The van der Waals surface area contributed by atoms with Crippen LogP contribution in [0.15, 0.2) is 26.8 Å². The number of rotatable bonds is 1. The zero-order valence-corrected chi connectivity index (χ0v) is 9.51. The molecule has 0 bridgehead atoms. The van der Waals surface area contributed by atoms with Gasteiger partial charge in [0.05, 0.1) is 0 Å². The molecular formula is C7H6OPS3+. The van der Waals surface area contributed by atoms with Crippen molar-refractivity contribution < 1.29 is 4.57 Å². The Kier molecular flexibility index (Phi) is 3.97. The van der Waals surface area contributed by atoms with Crippen molar-refractivity contribution in [3.05, 3.63) is 17.7 Å². The minimum atomic E-state index is -0.0409. The van der Waals surface area contributed by atoms with Crippen molar-refractivity contribution >= 4 is 51.8 Å². The molecule has 0 aliphatic rings. The summed E-state index contributed by atoms with van der Waals surface area (Å²) in [7, 11) is -0.0409. The fourth-order valence-corrected chi connectivity index (χ4v) is 2.58. The van der Waals surface area contributed by atoms with Gasteiger partial charge >= 0.3 is 88.7 Å². The maximum absolute atomic E-state index is 10.3. The summed E-state index contributed by atoms with van der Waals surface area (Å²) >= 11 is 12.5. The van der Waals surface area contributed by atoms with Gasteiger partial charge in [-0.3, -0.25) is 0 Å². The van der Waals surface area contributed by atoms with E-state index in [4.69, 9.17) is 0 Å². The molecule has 0 aromatic heterocycles. The van der Waals surface area contributed by atoms with Gasteiger partial charge in [-0.05, 0) is 0 Å². The van der Waals surface area contributed by atoms with E-state index in [1.54, 1.807) is 12.1 Å². The third kappa shape index (κ3) is 2.43. The fraction of sp³-hybridized carbons (Fsp3) is 0. The molecule has 0 amide bonds. The summed E-state index contributed by atoms with van der Waals surface area (Å²) in [6.07, 6.45) is 0. The van der Waals surface area contributed by atoms with Crippen LogP contribution in [0, 0.1) is 0 Å². The van der Waals surface area contributed by atoms with E-state index in [1.165, 1.54) is 5.80 Å². The molecule has 0 heterocycles. The molecule has 0 fully saturated rings. The Labute approximate surface area is 88.6 Å². The SMILES string of the molecule is O=[P+]=Cc1c(S)cc(S)cc1S. The standard InChI is InChI=1S/C7H5OPS3/c8-9-3-5-6(11)1-4(10)2-7(5)12/h1-3H,(H2-,10,11,12)/p+1. The maximum atomic E-state index is 10.3. The average Bonchev–Trinajstić information content (AvgIpc) is 1.96. The molecule has 0 atom stereocenters. The Morgan fingerprint density at radius 3 is 2.08 bits per heavy atom. The first kappa shape index (κ1) is 10.5. The first-order chi connectivity index (χ1) is 5.65. The van der Waals surface area contributed by atoms with Crippen molar-refractivity contribution in [1.82, 2.24) is 0 Å². The van der Waals surface area contributed by atoms with E-state index < -0.39 is 0 Å². The Hall–Kier alpha value is 0.370. The molecule has 1 rings (SSSR count). The van der Waals surface area contributed by atoms with Crippen LogP contribution in [0.2, 0.25) is 0 Å². The summed E-state index contributed by atoms with van der Waals surface area (Å²) in [6, 6.07) is 3.56. The number of benzene rings is 1. The van der Waals surface area contributed by atoms with Gasteiger partial charge in [-0.1, -0.05) is 0 Å². The van der Waals surface area contributed by atoms with Gasteiger partial charge in [0.2, 0.25) is 0 Å². The Bertz CT molecular complexity index is 335. The summed E-state index contributed by atoms with van der Waals surface area (Å²) in [5.74, 6) is 1.53. The molecule has 1 nitrogen and oxygen atoms in total. The van der Waals surface area contributed by atoms with Gasteiger partial charge < -0.3 is 0 Å². The van der Waals surface area contributed by atoms with Crippen LogP contribution in [0.3, 0.4) is 0 Å². The van der Waals surface area contributed by atoms with Gasteiger partial charge in [0.1, 0.15) is 0 Å². The van der Waals surface area contributed by atoms with E-state index in [0.29, 0.717) is 0 Å². The van der Waals surface area contributed by atoms with E-state index in [-0.39, 0.29) is 8.08 Å². The zero-order valence-electron chi connectivity index (χ0n) is 5.93. The third-order valence-corrected chi connectivity index (χ3v) is 2.66.